The topological polar surface area (TPSA) is 40.5 Å². The van der Waals surface area contributed by atoms with Crippen molar-refractivity contribution in [3.63, 3.8) is 0 Å². The lowest BCUT2D eigenvalue weighted by molar-refractivity contribution is -0.137. The second kappa shape index (κ2) is 5.17. The molecule has 2 aliphatic rings. The smallest absolute Gasteiger partial charge is 0.304 e. The Bertz CT molecular complexity index is 250. The van der Waals surface area contributed by atoms with E-state index in [4.69, 9.17) is 5.11 Å². The van der Waals surface area contributed by atoms with Gasteiger partial charge in [-0.1, -0.05) is 12.8 Å². The molecular weight excluding hydrogens is 202 g/mol. The average Bonchev–Trinajstić information content (AvgIpc) is 3.10. The summed E-state index contributed by atoms with van der Waals surface area (Å²) in [7, 11) is 2.09. The van der Waals surface area contributed by atoms with Crippen molar-refractivity contribution in [2.24, 2.45) is 11.8 Å². The Morgan fingerprint density at radius 2 is 2.00 bits per heavy atom. The van der Waals surface area contributed by atoms with E-state index < -0.39 is 5.97 Å². The van der Waals surface area contributed by atoms with Crippen LogP contribution in [-0.2, 0) is 4.79 Å². The van der Waals surface area contributed by atoms with Crippen LogP contribution in [0.4, 0.5) is 0 Å². The van der Waals surface area contributed by atoms with E-state index in [0.717, 1.165) is 11.8 Å². The van der Waals surface area contributed by atoms with Crippen LogP contribution in [0.15, 0.2) is 0 Å². The molecule has 0 aromatic rings. The summed E-state index contributed by atoms with van der Waals surface area (Å²) in [5.74, 6) is 1.27. The van der Waals surface area contributed by atoms with Crippen molar-refractivity contribution in [3.8, 4) is 0 Å². The number of nitrogens with zero attached hydrogens (tertiary/aromatic N) is 1. The second-order valence-corrected chi connectivity index (χ2v) is 5.54. The van der Waals surface area contributed by atoms with Crippen molar-refractivity contribution in [1.82, 2.24) is 4.90 Å². The molecule has 92 valence electrons. The summed E-state index contributed by atoms with van der Waals surface area (Å²) in [4.78, 5) is 12.8. The molecule has 2 atom stereocenters. The van der Waals surface area contributed by atoms with Gasteiger partial charge in [-0.15, -0.1) is 0 Å². The first kappa shape index (κ1) is 11.9. The summed E-state index contributed by atoms with van der Waals surface area (Å²) in [6, 6.07) is 0.638. The van der Waals surface area contributed by atoms with Gasteiger partial charge < -0.3 is 10.0 Å². The van der Waals surface area contributed by atoms with Crippen molar-refractivity contribution in [2.75, 3.05) is 13.6 Å². The van der Waals surface area contributed by atoms with Gasteiger partial charge in [0.05, 0.1) is 6.42 Å². The van der Waals surface area contributed by atoms with Crippen molar-refractivity contribution < 1.29 is 9.90 Å². The molecule has 3 heteroatoms. The number of carbonyl (C=O) groups is 1. The Labute approximate surface area is 97.8 Å². The van der Waals surface area contributed by atoms with Crippen molar-refractivity contribution >= 4 is 5.97 Å². The fourth-order valence-corrected chi connectivity index (χ4v) is 3.05. The predicted molar refractivity (Wildman–Crippen MR) is 63.4 cm³/mol. The normalized spacial score (nSPS) is 30.6. The molecule has 2 unspecified atom stereocenters. The van der Waals surface area contributed by atoms with E-state index in [1.807, 2.05) is 0 Å². The molecule has 1 N–H and O–H groups in total. The lowest BCUT2D eigenvalue weighted by atomic mass is 9.82. The Kier molecular flexibility index (Phi) is 3.85. The quantitative estimate of drug-likeness (QED) is 0.781. The highest BCUT2D eigenvalue weighted by atomic mass is 16.4. The molecule has 0 amide bonds. The van der Waals surface area contributed by atoms with E-state index >= 15 is 0 Å². The summed E-state index contributed by atoms with van der Waals surface area (Å²) < 4.78 is 0. The summed E-state index contributed by atoms with van der Waals surface area (Å²) >= 11 is 0. The monoisotopic (exact) mass is 225 g/mol. The first-order valence-corrected chi connectivity index (χ1v) is 6.59. The van der Waals surface area contributed by atoms with Crippen LogP contribution in [-0.4, -0.2) is 35.6 Å². The minimum atomic E-state index is -0.679. The van der Waals surface area contributed by atoms with Crippen LogP contribution in [0, 0.1) is 11.8 Å². The molecule has 0 heterocycles. The van der Waals surface area contributed by atoms with Gasteiger partial charge in [-0.05, 0) is 44.6 Å². The molecule has 2 aliphatic carbocycles. The van der Waals surface area contributed by atoms with Gasteiger partial charge in [0.2, 0.25) is 0 Å². The first-order chi connectivity index (χ1) is 7.66. The summed E-state index contributed by atoms with van der Waals surface area (Å²) in [5.41, 5.74) is 0. The largest absolute Gasteiger partial charge is 0.481 e. The number of carboxylic acid groups (broad SMARTS) is 1. The molecule has 2 saturated carbocycles. The molecule has 3 nitrogen and oxygen atoms in total. The van der Waals surface area contributed by atoms with E-state index in [2.05, 4.69) is 11.9 Å². The Morgan fingerprint density at radius 1 is 1.25 bits per heavy atom. The SMILES string of the molecule is CN(CCC(=O)O)C1CCCC(C2CC2)C1. The van der Waals surface area contributed by atoms with Crippen LogP contribution < -0.4 is 0 Å². The second-order valence-electron chi connectivity index (χ2n) is 5.54. The Hall–Kier alpha value is -0.570. The van der Waals surface area contributed by atoms with Crippen LogP contribution in [0.2, 0.25) is 0 Å². The average molecular weight is 225 g/mol. The van der Waals surface area contributed by atoms with E-state index in [-0.39, 0.29) is 6.42 Å². The maximum Gasteiger partial charge on any atom is 0.304 e. The van der Waals surface area contributed by atoms with E-state index in [1.54, 1.807) is 0 Å². The van der Waals surface area contributed by atoms with Gasteiger partial charge in [0.25, 0.3) is 0 Å². The third-order valence-corrected chi connectivity index (χ3v) is 4.28. The van der Waals surface area contributed by atoms with Crippen molar-refractivity contribution in [2.45, 2.75) is 51.0 Å². The lowest BCUT2D eigenvalue weighted by Crippen LogP contribution is -2.37. The van der Waals surface area contributed by atoms with Gasteiger partial charge in [0.1, 0.15) is 0 Å². The molecule has 0 aliphatic heterocycles. The minimum absolute atomic E-state index is 0.279. The maximum atomic E-state index is 10.5. The number of hydrogen-bond acceptors (Lipinski definition) is 2. The van der Waals surface area contributed by atoms with E-state index in [1.165, 1.54) is 38.5 Å². The van der Waals surface area contributed by atoms with Crippen LogP contribution in [0.25, 0.3) is 0 Å². The fourth-order valence-electron chi connectivity index (χ4n) is 3.05. The van der Waals surface area contributed by atoms with Gasteiger partial charge in [-0.3, -0.25) is 4.79 Å². The molecule has 0 bridgehead atoms. The zero-order valence-corrected chi connectivity index (χ0v) is 10.2. The van der Waals surface area contributed by atoms with Gasteiger partial charge in [0, 0.05) is 12.6 Å². The molecule has 16 heavy (non-hydrogen) atoms. The molecule has 2 rings (SSSR count). The van der Waals surface area contributed by atoms with Crippen LogP contribution in [0.1, 0.15) is 44.9 Å². The summed E-state index contributed by atoms with van der Waals surface area (Å²) in [6.45, 7) is 0.706. The zero-order valence-electron chi connectivity index (χ0n) is 10.2. The number of carboxylic acids is 1. The Balaban J connectivity index is 1.76. The number of rotatable bonds is 5. The molecule has 0 spiro atoms. The van der Waals surface area contributed by atoms with Gasteiger partial charge >= 0.3 is 5.97 Å². The van der Waals surface area contributed by atoms with Gasteiger partial charge in [0.15, 0.2) is 0 Å². The molecule has 2 fully saturated rings. The van der Waals surface area contributed by atoms with Crippen molar-refractivity contribution in [3.05, 3.63) is 0 Å². The van der Waals surface area contributed by atoms with Gasteiger partial charge in [-0.25, -0.2) is 0 Å². The van der Waals surface area contributed by atoms with Crippen LogP contribution in [0.5, 0.6) is 0 Å². The highest BCUT2D eigenvalue weighted by Crippen LogP contribution is 2.44. The maximum absolute atomic E-state index is 10.5. The highest BCUT2D eigenvalue weighted by Gasteiger charge is 2.35. The third kappa shape index (κ3) is 3.21. The molecule has 0 radical (unpaired) electrons. The zero-order chi connectivity index (χ0) is 11.5. The highest BCUT2D eigenvalue weighted by molar-refractivity contribution is 5.66. The van der Waals surface area contributed by atoms with Gasteiger partial charge in [-0.2, -0.15) is 0 Å². The fraction of sp³-hybridized carbons (Fsp3) is 0.923. The summed E-state index contributed by atoms with van der Waals surface area (Å²) in [6.07, 6.45) is 8.48. The van der Waals surface area contributed by atoms with Crippen LogP contribution >= 0.6 is 0 Å². The Morgan fingerprint density at radius 3 is 2.62 bits per heavy atom. The van der Waals surface area contributed by atoms with Crippen molar-refractivity contribution in [1.29, 1.82) is 0 Å². The number of hydrogen-bond donors (Lipinski definition) is 1. The molecular formula is C13H23NO2. The lowest BCUT2D eigenvalue weighted by Gasteiger charge is -2.35. The number of aliphatic carboxylic acids is 1. The molecule has 0 saturated heterocycles. The summed E-state index contributed by atoms with van der Waals surface area (Å²) in [5, 5.41) is 8.68. The standard InChI is InChI=1S/C13H23NO2/c1-14(8-7-13(15)16)12-4-2-3-11(9-12)10-5-6-10/h10-12H,2-9H2,1H3,(H,15,16). The van der Waals surface area contributed by atoms with E-state index in [0.29, 0.717) is 12.6 Å². The van der Waals surface area contributed by atoms with E-state index in [9.17, 15) is 4.79 Å². The molecule has 0 aromatic carbocycles. The minimum Gasteiger partial charge on any atom is -0.481 e. The molecule has 0 aromatic heterocycles. The van der Waals surface area contributed by atoms with Crippen LogP contribution in [0.3, 0.4) is 0 Å². The first-order valence-electron chi connectivity index (χ1n) is 6.59. The predicted octanol–water partition coefficient (Wildman–Crippen LogP) is 2.36. The third-order valence-electron chi connectivity index (χ3n) is 4.28.